The van der Waals surface area contributed by atoms with Crippen LogP contribution in [0.4, 0.5) is 4.39 Å². The van der Waals surface area contributed by atoms with E-state index in [0.717, 1.165) is 54.7 Å². The molecule has 1 aliphatic rings. The average molecular weight is 524 g/mol. The summed E-state index contributed by atoms with van der Waals surface area (Å²) in [7, 11) is 0. The molecule has 3 aromatic rings. The van der Waals surface area contributed by atoms with Gasteiger partial charge in [-0.2, -0.15) is 0 Å². The van der Waals surface area contributed by atoms with Crippen molar-refractivity contribution in [2.45, 2.75) is 77.4 Å². The quantitative estimate of drug-likeness (QED) is 0.281. The number of thiophene rings is 1. The summed E-state index contributed by atoms with van der Waals surface area (Å²) in [6.07, 6.45) is 9.68. The van der Waals surface area contributed by atoms with Gasteiger partial charge in [0, 0.05) is 35.9 Å². The summed E-state index contributed by atoms with van der Waals surface area (Å²) in [5, 5.41) is 1.98. The second-order valence-electron chi connectivity index (χ2n) is 9.99. The Labute approximate surface area is 223 Å². The molecule has 5 nitrogen and oxygen atoms in total. The molecule has 198 valence electrons. The first-order valence-corrected chi connectivity index (χ1v) is 14.4. The molecule has 2 heterocycles. The number of hydrogen-bond donors (Lipinski definition) is 0. The van der Waals surface area contributed by atoms with Crippen LogP contribution in [-0.4, -0.2) is 45.3 Å². The number of amides is 2. The number of aromatic nitrogens is 1. The van der Waals surface area contributed by atoms with Gasteiger partial charge >= 0.3 is 0 Å². The van der Waals surface area contributed by atoms with E-state index in [-0.39, 0.29) is 30.2 Å². The van der Waals surface area contributed by atoms with E-state index in [2.05, 4.69) is 17.6 Å². The topological polar surface area (TPSA) is 45.6 Å². The highest BCUT2D eigenvalue weighted by Crippen LogP contribution is 2.25. The third kappa shape index (κ3) is 7.78. The lowest BCUT2D eigenvalue weighted by atomic mass is 9.94. The Kier molecular flexibility index (Phi) is 9.94. The van der Waals surface area contributed by atoms with Crippen molar-refractivity contribution >= 4 is 23.2 Å². The predicted octanol–water partition coefficient (Wildman–Crippen LogP) is 6.27. The summed E-state index contributed by atoms with van der Waals surface area (Å²) in [6, 6.07) is 14.7. The number of rotatable bonds is 12. The minimum absolute atomic E-state index is 0.0209. The summed E-state index contributed by atoms with van der Waals surface area (Å²) >= 11 is 1.58. The zero-order valence-corrected chi connectivity index (χ0v) is 22.6. The number of carbonyl (C=O) groups is 2. The smallest absolute Gasteiger partial charge is 0.242 e. The molecule has 4 rings (SSSR count). The molecule has 0 spiro atoms. The fourth-order valence-corrected chi connectivity index (χ4v) is 5.79. The second kappa shape index (κ2) is 13.6. The molecular formula is C30H38FN3O2S. The first-order chi connectivity index (χ1) is 18.0. The van der Waals surface area contributed by atoms with Gasteiger partial charge in [0.15, 0.2) is 0 Å². The van der Waals surface area contributed by atoms with E-state index in [1.165, 1.54) is 18.6 Å². The van der Waals surface area contributed by atoms with E-state index in [0.29, 0.717) is 26.1 Å². The van der Waals surface area contributed by atoms with Crippen molar-refractivity contribution in [1.29, 1.82) is 0 Å². The summed E-state index contributed by atoms with van der Waals surface area (Å²) in [4.78, 5) is 31.8. The second-order valence-corrected chi connectivity index (χ2v) is 11.0. The van der Waals surface area contributed by atoms with Gasteiger partial charge < -0.3 is 14.4 Å². The van der Waals surface area contributed by atoms with Gasteiger partial charge in [0.2, 0.25) is 11.8 Å². The highest BCUT2D eigenvalue weighted by Gasteiger charge is 2.28. The molecule has 2 amide bonds. The van der Waals surface area contributed by atoms with Gasteiger partial charge in [0.25, 0.3) is 0 Å². The van der Waals surface area contributed by atoms with E-state index in [1.807, 2.05) is 34.7 Å². The van der Waals surface area contributed by atoms with Crippen LogP contribution in [0.1, 0.15) is 68.0 Å². The molecule has 1 aliphatic carbocycles. The summed E-state index contributed by atoms with van der Waals surface area (Å²) in [5.74, 6) is -0.198. The molecule has 0 atom stereocenters. The third-order valence-electron chi connectivity index (χ3n) is 7.22. The van der Waals surface area contributed by atoms with Gasteiger partial charge in [-0.05, 0) is 60.5 Å². The molecule has 0 bridgehead atoms. The average Bonchev–Trinajstić information content (AvgIpc) is 3.58. The van der Waals surface area contributed by atoms with Gasteiger partial charge in [-0.3, -0.25) is 9.59 Å². The Morgan fingerprint density at radius 2 is 1.81 bits per heavy atom. The molecular weight excluding hydrogens is 485 g/mol. The van der Waals surface area contributed by atoms with Crippen molar-refractivity contribution in [2.75, 3.05) is 13.1 Å². The van der Waals surface area contributed by atoms with Crippen LogP contribution in [0.25, 0.3) is 0 Å². The Morgan fingerprint density at radius 1 is 1.03 bits per heavy atom. The molecule has 0 unspecified atom stereocenters. The summed E-state index contributed by atoms with van der Waals surface area (Å²) in [6.45, 7) is 3.97. The molecule has 7 heteroatoms. The molecule has 1 aromatic carbocycles. The Balaban J connectivity index is 1.50. The Bertz CT molecular complexity index is 1120. The zero-order chi connectivity index (χ0) is 26.0. The Morgan fingerprint density at radius 3 is 2.51 bits per heavy atom. The van der Waals surface area contributed by atoms with Crippen LogP contribution in [0.15, 0.2) is 60.1 Å². The van der Waals surface area contributed by atoms with Crippen LogP contribution in [0.5, 0.6) is 0 Å². The molecule has 0 aliphatic heterocycles. The fraction of sp³-hybridized carbons (Fsp3) is 0.467. The van der Waals surface area contributed by atoms with Crippen molar-refractivity contribution in [2.24, 2.45) is 0 Å². The number of carbonyl (C=O) groups excluding carboxylic acids is 2. The van der Waals surface area contributed by atoms with Gasteiger partial charge in [0.05, 0.1) is 19.5 Å². The highest BCUT2D eigenvalue weighted by molar-refractivity contribution is 7.10. The molecule has 1 saturated carbocycles. The lowest BCUT2D eigenvalue weighted by Crippen LogP contribution is -2.48. The van der Waals surface area contributed by atoms with Gasteiger partial charge in [0.1, 0.15) is 5.82 Å². The van der Waals surface area contributed by atoms with Gasteiger partial charge in [-0.25, -0.2) is 4.39 Å². The molecule has 1 fully saturated rings. The van der Waals surface area contributed by atoms with Crippen LogP contribution in [0.2, 0.25) is 0 Å². The van der Waals surface area contributed by atoms with Crippen molar-refractivity contribution in [3.63, 3.8) is 0 Å². The van der Waals surface area contributed by atoms with E-state index >= 15 is 0 Å². The third-order valence-corrected chi connectivity index (χ3v) is 8.10. The van der Waals surface area contributed by atoms with Crippen molar-refractivity contribution < 1.29 is 14.0 Å². The minimum Gasteiger partial charge on any atom is -0.345 e. The highest BCUT2D eigenvalue weighted by atomic mass is 32.1. The number of benzene rings is 1. The van der Waals surface area contributed by atoms with E-state index in [9.17, 15) is 14.0 Å². The standard InChI is InChI=1S/C30H38FN3O2S/c1-2-3-17-33(29(35)20-28-12-8-19-37-28)23-30(36)34(26-9-5-4-6-10-26)22-27-11-7-18-32(27)21-24-13-15-25(31)16-14-24/h7-8,11-16,18-19,26H,2-6,9-10,17,20-23H2,1H3. The SMILES string of the molecule is CCCCN(CC(=O)N(Cc1cccn1Cc1ccc(F)cc1)C1CCCCC1)C(=O)Cc1cccs1. The molecule has 0 saturated heterocycles. The van der Waals surface area contributed by atoms with Gasteiger partial charge in [-0.1, -0.05) is 50.8 Å². The van der Waals surface area contributed by atoms with Crippen molar-refractivity contribution in [1.82, 2.24) is 14.4 Å². The van der Waals surface area contributed by atoms with Crippen molar-refractivity contribution in [3.8, 4) is 0 Å². The van der Waals surface area contributed by atoms with Crippen molar-refractivity contribution in [3.05, 3.63) is 82.1 Å². The predicted molar refractivity (Wildman–Crippen MR) is 147 cm³/mol. The first kappa shape index (κ1) is 27.1. The van der Waals surface area contributed by atoms with E-state index < -0.39 is 0 Å². The largest absolute Gasteiger partial charge is 0.345 e. The lowest BCUT2D eigenvalue weighted by molar-refractivity contribution is -0.142. The Hall–Kier alpha value is -2.93. The summed E-state index contributed by atoms with van der Waals surface area (Å²) < 4.78 is 15.5. The number of unbranched alkanes of at least 4 members (excludes halogenated alkanes) is 1. The van der Waals surface area contributed by atoms with E-state index in [1.54, 1.807) is 28.4 Å². The van der Waals surface area contributed by atoms with E-state index in [4.69, 9.17) is 0 Å². The first-order valence-electron chi connectivity index (χ1n) is 13.5. The number of nitrogens with zero attached hydrogens (tertiary/aromatic N) is 3. The molecule has 0 N–H and O–H groups in total. The maximum atomic E-state index is 13.8. The maximum Gasteiger partial charge on any atom is 0.242 e. The molecule has 0 radical (unpaired) electrons. The van der Waals surface area contributed by atoms with Gasteiger partial charge in [-0.15, -0.1) is 11.3 Å². The number of hydrogen-bond acceptors (Lipinski definition) is 3. The van der Waals surface area contributed by atoms with Crippen LogP contribution in [-0.2, 0) is 29.1 Å². The zero-order valence-electron chi connectivity index (χ0n) is 21.8. The minimum atomic E-state index is -0.244. The van der Waals surface area contributed by atoms with Crippen LogP contribution < -0.4 is 0 Å². The van der Waals surface area contributed by atoms with Crippen LogP contribution in [0, 0.1) is 5.82 Å². The molecule has 2 aromatic heterocycles. The molecule has 37 heavy (non-hydrogen) atoms. The normalized spacial score (nSPS) is 14.0. The number of halogens is 1. The van der Waals surface area contributed by atoms with Crippen LogP contribution in [0.3, 0.4) is 0 Å². The lowest BCUT2D eigenvalue weighted by Gasteiger charge is -2.36. The summed E-state index contributed by atoms with van der Waals surface area (Å²) in [5.41, 5.74) is 2.06. The van der Waals surface area contributed by atoms with Crippen LogP contribution >= 0.6 is 11.3 Å². The maximum absolute atomic E-state index is 13.8. The monoisotopic (exact) mass is 523 g/mol. The fourth-order valence-electron chi connectivity index (χ4n) is 5.09.